The summed E-state index contributed by atoms with van der Waals surface area (Å²) in [6.07, 6.45) is 1.61. The molecule has 0 radical (unpaired) electrons. The van der Waals surface area contributed by atoms with Crippen molar-refractivity contribution < 1.29 is 9.18 Å². The second-order valence-electron chi connectivity index (χ2n) is 3.04. The van der Waals surface area contributed by atoms with Gasteiger partial charge in [0.15, 0.2) is 0 Å². The molecule has 0 spiro atoms. The Hall–Kier alpha value is -1.61. The van der Waals surface area contributed by atoms with Crippen molar-refractivity contribution in [2.75, 3.05) is 0 Å². The number of ketones is 1. The van der Waals surface area contributed by atoms with E-state index in [0.717, 1.165) is 0 Å². The van der Waals surface area contributed by atoms with E-state index in [4.69, 9.17) is 11.6 Å². The van der Waals surface area contributed by atoms with Crippen LogP contribution in [0.1, 0.15) is 16.1 Å². The van der Waals surface area contributed by atoms with Crippen LogP contribution >= 0.6 is 11.6 Å². The maximum absolute atomic E-state index is 13.3. The summed E-state index contributed by atoms with van der Waals surface area (Å²) < 4.78 is 13.3. The van der Waals surface area contributed by atoms with Gasteiger partial charge in [-0.2, -0.15) is 0 Å². The number of carbonyl (C=O) groups excluding carboxylic acids is 1. The zero-order valence-electron chi connectivity index (χ0n) is 7.63. The summed E-state index contributed by atoms with van der Waals surface area (Å²) in [6.45, 7) is 0. The molecule has 2 rings (SSSR count). The third-order valence-corrected chi connectivity index (χ3v) is 2.25. The van der Waals surface area contributed by atoms with E-state index in [1.54, 1.807) is 18.3 Å². The number of nitrogens with one attached hydrogen (secondary N) is 1. The first kappa shape index (κ1) is 9.93. The molecule has 0 bridgehead atoms. The highest BCUT2D eigenvalue weighted by molar-refractivity contribution is 6.31. The average molecular weight is 224 g/mol. The number of halogens is 2. The summed E-state index contributed by atoms with van der Waals surface area (Å²) in [6, 6.07) is 7.17. The van der Waals surface area contributed by atoms with Crippen molar-refractivity contribution in [3.05, 3.63) is 58.6 Å². The molecule has 0 amide bonds. The van der Waals surface area contributed by atoms with Gasteiger partial charge in [0.2, 0.25) is 5.78 Å². The molecule has 76 valence electrons. The Morgan fingerprint density at radius 2 is 2.13 bits per heavy atom. The summed E-state index contributed by atoms with van der Waals surface area (Å²) >= 11 is 5.69. The van der Waals surface area contributed by atoms with Crippen LogP contribution in [0.3, 0.4) is 0 Å². The van der Waals surface area contributed by atoms with Gasteiger partial charge in [-0.1, -0.05) is 11.6 Å². The Bertz CT molecular complexity index is 493. The molecule has 0 atom stereocenters. The number of aromatic nitrogens is 1. The Kier molecular flexibility index (Phi) is 2.56. The van der Waals surface area contributed by atoms with Gasteiger partial charge < -0.3 is 4.98 Å². The molecule has 1 N–H and O–H groups in total. The van der Waals surface area contributed by atoms with Crippen LogP contribution in [0.15, 0.2) is 36.5 Å². The van der Waals surface area contributed by atoms with Gasteiger partial charge in [0, 0.05) is 11.2 Å². The summed E-state index contributed by atoms with van der Waals surface area (Å²) in [5, 5.41) is 0.339. The Labute approximate surface area is 90.7 Å². The highest BCUT2D eigenvalue weighted by atomic mass is 35.5. The molecule has 0 unspecified atom stereocenters. The molecule has 0 aliphatic carbocycles. The first-order valence-corrected chi connectivity index (χ1v) is 4.69. The van der Waals surface area contributed by atoms with Crippen molar-refractivity contribution in [1.29, 1.82) is 0 Å². The number of H-pyrrole nitrogens is 1. The third kappa shape index (κ3) is 1.92. The maximum atomic E-state index is 13.3. The fraction of sp³-hybridized carbons (Fsp3) is 0. The molecule has 0 aliphatic heterocycles. The van der Waals surface area contributed by atoms with Gasteiger partial charge in [-0.05, 0) is 30.3 Å². The highest BCUT2D eigenvalue weighted by Gasteiger charge is 2.14. The maximum Gasteiger partial charge on any atom is 0.212 e. The second kappa shape index (κ2) is 3.87. The quantitative estimate of drug-likeness (QED) is 0.780. The van der Waals surface area contributed by atoms with Crippen LogP contribution < -0.4 is 0 Å². The number of hydrogen-bond donors (Lipinski definition) is 1. The van der Waals surface area contributed by atoms with E-state index in [-0.39, 0.29) is 5.56 Å². The lowest BCUT2D eigenvalue weighted by molar-refractivity contribution is 0.103. The topological polar surface area (TPSA) is 32.9 Å². The normalized spacial score (nSPS) is 10.3. The van der Waals surface area contributed by atoms with Gasteiger partial charge in [0.05, 0.1) is 11.3 Å². The second-order valence-corrected chi connectivity index (χ2v) is 3.47. The van der Waals surface area contributed by atoms with Crippen molar-refractivity contribution in [3.8, 4) is 0 Å². The fourth-order valence-electron chi connectivity index (χ4n) is 1.29. The SMILES string of the molecule is O=C(c1ccc[nH]1)c1cc(Cl)ccc1F. The van der Waals surface area contributed by atoms with Gasteiger partial charge >= 0.3 is 0 Å². The van der Waals surface area contributed by atoms with Gasteiger partial charge in [-0.15, -0.1) is 0 Å². The number of benzene rings is 1. The largest absolute Gasteiger partial charge is 0.359 e. The predicted molar refractivity (Wildman–Crippen MR) is 55.6 cm³/mol. The molecule has 2 aromatic rings. The van der Waals surface area contributed by atoms with E-state index < -0.39 is 11.6 Å². The van der Waals surface area contributed by atoms with Crippen LogP contribution in [-0.4, -0.2) is 10.8 Å². The smallest absolute Gasteiger partial charge is 0.212 e. The number of carbonyl (C=O) groups is 1. The molecule has 1 heterocycles. The van der Waals surface area contributed by atoms with Crippen LogP contribution in [-0.2, 0) is 0 Å². The Morgan fingerprint density at radius 3 is 2.80 bits per heavy atom. The summed E-state index contributed by atoms with van der Waals surface area (Å²) in [4.78, 5) is 14.5. The Balaban J connectivity index is 2.46. The van der Waals surface area contributed by atoms with E-state index in [9.17, 15) is 9.18 Å². The molecule has 1 aromatic heterocycles. The molecule has 1 aromatic carbocycles. The van der Waals surface area contributed by atoms with Gasteiger partial charge in [0.1, 0.15) is 5.82 Å². The lowest BCUT2D eigenvalue weighted by atomic mass is 10.1. The van der Waals surface area contributed by atoms with Gasteiger partial charge in [-0.25, -0.2) is 4.39 Å². The van der Waals surface area contributed by atoms with Crippen LogP contribution in [0, 0.1) is 5.82 Å². The molecule has 15 heavy (non-hydrogen) atoms. The molecule has 0 fully saturated rings. The minimum absolute atomic E-state index is 0.0232. The van der Waals surface area contributed by atoms with E-state index in [0.29, 0.717) is 10.7 Å². The third-order valence-electron chi connectivity index (χ3n) is 2.02. The Morgan fingerprint density at radius 1 is 1.33 bits per heavy atom. The fourth-order valence-corrected chi connectivity index (χ4v) is 1.46. The summed E-state index contributed by atoms with van der Waals surface area (Å²) in [7, 11) is 0. The van der Waals surface area contributed by atoms with Crippen LogP contribution in [0.4, 0.5) is 4.39 Å². The highest BCUT2D eigenvalue weighted by Crippen LogP contribution is 2.17. The zero-order chi connectivity index (χ0) is 10.8. The molecule has 0 aliphatic rings. The summed E-state index contributed by atoms with van der Waals surface area (Å²) in [5.41, 5.74) is 0.320. The van der Waals surface area contributed by atoms with Crippen molar-refractivity contribution in [1.82, 2.24) is 4.98 Å². The number of aromatic amines is 1. The van der Waals surface area contributed by atoms with Crippen molar-refractivity contribution in [2.45, 2.75) is 0 Å². The van der Waals surface area contributed by atoms with Crippen LogP contribution in [0.2, 0.25) is 5.02 Å². The molecular formula is C11H7ClFNO. The van der Waals surface area contributed by atoms with Crippen LogP contribution in [0.5, 0.6) is 0 Å². The van der Waals surface area contributed by atoms with Crippen molar-refractivity contribution in [2.24, 2.45) is 0 Å². The van der Waals surface area contributed by atoms with E-state index >= 15 is 0 Å². The standard InChI is InChI=1S/C11H7ClFNO/c12-7-3-4-9(13)8(6-7)11(15)10-2-1-5-14-10/h1-6,14H. The lowest BCUT2D eigenvalue weighted by Crippen LogP contribution is -2.04. The van der Waals surface area contributed by atoms with Gasteiger partial charge in [0.25, 0.3) is 0 Å². The van der Waals surface area contributed by atoms with E-state index in [1.165, 1.54) is 18.2 Å². The predicted octanol–water partition coefficient (Wildman–Crippen LogP) is 3.04. The number of rotatable bonds is 2. The van der Waals surface area contributed by atoms with Gasteiger partial charge in [-0.3, -0.25) is 4.79 Å². The van der Waals surface area contributed by atoms with Crippen molar-refractivity contribution in [3.63, 3.8) is 0 Å². The van der Waals surface area contributed by atoms with E-state index in [1.807, 2.05) is 0 Å². The number of hydrogen-bond acceptors (Lipinski definition) is 1. The van der Waals surface area contributed by atoms with E-state index in [2.05, 4.69) is 4.98 Å². The average Bonchev–Trinajstić information content (AvgIpc) is 2.74. The lowest BCUT2D eigenvalue weighted by Gasteiger charge is -2.01. The minimum Gasteiger partial charge on any atom is -0.359 e. The minimum atomic E-state index is -0.570. The monoisotopic (exact) mass is 223 g/mol. The van der Waals surface area contributed by atoms with Crippen LogP contribution in [0.25, 0.3) is 0 Å². The molecule has 0 saturated carbocycles. The molecule has 4 heteroatoms. The molecular weight excluding hydrogens is 217 g/mol. The molecule has 0 saturated heterocycles. The summed E-state index contributed by atoms with van der Waals surface area (Å²) in [5.74, 6) is -0.973. The molecule has 2 nitrogen and oxygen atoms in total. The van der Waals surface area contributed by atoms with Crippen molar-refractivity contribution >= 4 is 17.4 Å². The first-order chi connectivity index (χ1) is 7.18. The zero-order valence-corrected chi connectivity index (χ0v) is 8.38. The first-order valence-electron chi connectivity index (χ1n) is 4.31.